The summed E-state index contributed by atoms with van der Waals surface area (Å²) in [6, 6.07) is 9.84. The Morgan fingerprint density at radius 3 is 2.61 bits per heavy atom. The molecule has 0 fully saturated rings. The minimum Gasteiger partial charge on any atom is -0.487 e. The molecule has 0 aliphatic heterocycles. The van der Waals surface area contributed by atoms with Gasteiger partial charge in [0.1, 0.15) is 18.2 Å². The maximum absolute atomic E-state index is 13.1. The molecular weight excluding hydrogens is 365 g/mol. The summed E-state index contributed by atoms with van der Waals surface area (Å²) < 4.78 is 20.4. The Morgan fingerprint density at radius 1 is 1.11 bits per heavy atom. The number of ether oxygens (including phenoxy) is 1. The fourth-order valence-electron chi connectivity index (χ4n) is 1.46. The third-order valence-electron chi connectivity index (χ3n) is 2.36. The highest BCUT2D eigenvalue weighted by molar-refractivity contribution is 9.10. The van der Waals surface area contributed by atoms with E-state index in [2.05, 4.69) is 31.9 Å². The number of anilines is 1. The van der Waals surface area contributed by atoms with Gasteiger partial charge >= 0.3 is 0 Å². The van der Waals surface area contributed by atoms with Crippen LogP contribution in [0.25, 0.3) is 0 Å². The fourth-order valence-corrected chi connectivity index (χ4v) is 2.20. The molecule has 2 aromatic carbocycles. The molecule has 0 atom stereocenters. The van der Waals surface area contributed by atoms with Crippen LogP contribution in [0.2, 0.25) is 0 Å². The molecule has 0 aromatic heterocycles. The monoisotopic (exact) mass is 373 g/mol. The first-order valence-electron chi connectivity index (χ1n) is 5.18. The molecule has 0 aliphatic rings. The van der Waals surface area contributed by atoms with Gasteiger partial charge in [-0.15, -0.1) is 0 Å². The van der Waals surface area contributed by atoms with Gasteiger partial charge in [-0.05, 0) is 36.4 Å². The topological polar surface area (TPSA) is 35.2 Å². The molecule has 0 bridgehead atoms. The number of halogens is 3. The van der Waals surface area contributed by atoms with Crippen molar-refractivity contribution in [2.45, 2.75) is 6.61 Å². The summed E-state index contributed by atoms with van der Waals surface area (Å²) in [5.74, 6) is 0.287. The van der Waals surface area contributed by atoms with Gasteiger partial charge < -0.3 is 10.5 Å². The molecule has 0 heterocycles. The quantitative estimate of drug-likeness (QED) is 0.802. The molecular formula is C13H10Br2FNO. The second-order valence-corrected chi connectivity index (χ2v) is 5.48. The van der Waals surface area contributed by atoms with Crippen LogP contribution in [0.15, 0.2) is 45.3 Å². The molecule has 2 rings (SSSR count). The summed E-state index contributed by atoms with van der Waals surface area (Å²) in [5, 5.41) is 0. The van der Waals surface area contributed by atoms with Crippen LogP contribution in [0.3, 0.4) is 0 Å². The second kappa shape index (κ2) is 5.71. The molecule has 0 spiro atoms. The second-order valence-electron chi connectivity index (χ2n) is 3.71. The predicted octanol–water partition coefficient (Wildman–Crippen LogP) is 4.51. The lowest BCUT2D eigenvalue weighted by molar-refractivity contribution is 0.306. The Balaban J connectivity index is 2.13. The van der Waals surface area contributed by atoms with Crippen LogP contribution >= 0.6 is 31.9 Å². The van der Waals surface area contributed by atoms with Crippen LogP contribution in [0, 0.1) is 5.82 Å². The van der Waals surface area contributed by atoms with E-state index in [0.29, 0.717) is 11.4 Å². The lowest BCUT2D eigenvalue weighted by Crippen LogP contribution is -2.00. The molecule has 0 saturated heterocycles. The molecule has 0 amide bonds. The minimum atomic E-state index is -0.291. The van der Waals surface area contributed by atoms with E-state index in [1.807, 2.05) is 6.07 Å². The molecule has 0 saturated carbocycles. The minimum absolute atomic E-state index is 0.254. The highest BCUT2D eigenvalue weighted by Gasteiger charge is 2.05. The van der Waals surface area contributed by atoms with E-state index in [0.717, 1.165) is 14.5 Å². The average Bonchev–Trinajstić information content (AvgIpc) is 2.32. The van der Waals surface area contributed by atoms with Crippen LogP contribution in [-0.2, 0) is 6.61 Å². The number of rotatable bonds is 3. The molecule has 0 radical (unpaired) electrons. The van der Waals surface area contributed by atoms with E-state index in [9.17, 15) is 4.39 Å². The van der Waals surface area contributed by atoms with E-state index in [1.165, 1.54) is 12.1 Å². The zero-order valence-corrected chi connectivity index (χ0v) is 12.5. The van der Waals surface area contributed by atoms with Crippen molar-refractivity contribution in [1.82, 2.24) is 0 Å². The average molecular weight is 375 g/mol. The molecule has 2 nitrogen and oxygen atoms in total. The van der Waals surface area contributed by atoms with Crippen LogP contribution < -0.4 is 10.5 Å². The van der Waals surface area contributed by atoms with Crippen molar-refractivity contribution < 1.29 is 9.13 Å². The van der Waals surface area contributed by atoms with Gasteiger partial charge in [0.15, 0.2) is 0 Å². The van der Waals surface area contributed by atoms with Crippen molar-refractivity contribution in [2.75, 3.05) is 5.73 Å². The van der Waals surface area contributed by atoms with Gasteiger partial charge in [0.2, 0.25) is 0 Å². The summed E-state index contributed by atoms with van der Waals surface area (Å²) in [7, 11) is 0. The maximum Gasteiger partial charge on any atom is 0.142 e. The summed E-state index contributed by atoms with van der Waals surface area (Å²) in [6.45, 7) is 0.254. The SMILES string of the molecule is Nc1cc(Br)ccc1OCc1cc(F)ccc1Br. The summed E-state index contributed by atoms with van der Waals surface area (Å²) >= 11 is 6.67. The Kier molecular flexibility index (Phi) is 4.24. The number of hydrogen-bond donors (Lipinski definition) is 1. The largest absolute Gasteiger partial charge is 0.487 e. The van der Waals surface area contributed by atoms with E-state index >= 15 is 0 Å². The highest BCUT2D eigenvalue weighted by atomic mass is 79.9. The van der Waals surface area contributed by atoms with E-state index in [1.54, 1.807) is 18.2 Å². The van der Waals surface area contributed by atoms with Crippen molar-refractivity contribution >= 4 is 37.5 Å². The molecule has 18 heavy (non-hydrogen) atoms. The standard InChI is InChI=1S/C13H10Br2FNO/c14-9-1-4-13(12(17)6-9)18-7-8-5-10(16)2-3-11(8)15/h1-6H,7,17H2. The van der Waals surface area contributed by atoms with Crippen molar-refractivity contribution in [3.8, 4) is 5.75 Å². The molecule has 0 unspecified atom stereocenters. The molecule has 2 N–H and O–H groups in total. The van der Waals surface area contributed by atoms with Crippen molar-refractivity contribution in [3.63, 3.8) is 0 Å². The number of hydrogen-bond acceptors (Lipinski definition) is 2. The summed E-state index contributed by atoms with van der Waals surface area (Å²) in [6.07, 6.45) is 0. The Hall–Kier alpha value is -1.07. The first-order valence-corrected chi connectivity index (χ1v) is 6.76. The highest BCUT2D eigenvalue weighted by Crippen LogP contribution is 2.27. The van der Waals surface area contributed by atoms with Crippen molar-refractivity contribution in [2.24, 2.45) is 0 Å². The van der Waals surface area contributed by atoms with Gasteiger partial charge in [-0.25, -0.2) is 4.39 Å². The normalized spacial score (nSPS) is 10.4. The van der Waals surface area contributed by atoms with Gasteiger partial charge in [-0.1, -0.05) is 31.9 Å². The fraction of sp³-hybridized carbons (Fsp3) is 0.0769. The summed E-state index contributed by atoms with van der Waals surface area (Å²) in [4.78, 5) is 0. The van der Waals surface area contributed by atoms with Crippen LogP contribution in [-0.4, -0.2) is 0 Å². The van der Waals surface area contributed by atoms with Gasteiger partial charge in [-0.3, -0.25) is 0 Å². The van der Waals surface area contributed by atoms with E-state index in [4.69, 9.17) is 10.5 Å². The summed E-state index contributed by atoms with van der Waals surface area (Å²) in [5.41, 5.74) is 7.09. The van der Waals surface area contributed by atoms with Crippen LogP contribution in [0.1, 0.15) is 5.56 Å². The molecule has 94 valence electrons. The van der Waals surface area contributed by atoms with Crippen molar-refractivity contribution in [1.29, 1.82) is 0 Å². The first kappa shape index (κ1) is 13.4. The number of nitrogens with two attached hydrogens (primary N) is 1. The third-order valence-corrected chi connectivity index (χ3v) is 3.63. The first-order chi connectivity index (χ1) is 8.56. The van der Waals surface area contributed by atoms with Crippen LogP contribution in [0.4, 0.5) is 10.1 Å². The van der Waals surface area contributed by atoms with E-state index < -0.39 is 0 Å². The van der Waals surface area contributed by atoms with E-state index in [-0.39, 0.29) is 12.4 Å². The maximum atomic E-state index is 13.1. The van der Waals surface area contributed by atoms with Crippen molar-refractivity contribution in [3.05, 3.63) is 56.7 Å². The third kappa shape index (κ3) is 3.23. The Bertz CT molecular complexity index is 575. The Labute approximate surface area is 121 Å². The lowest BCUT2D eigenvalue weighted by atomic mass is 10.2. The molecule has 2 aromatic rings. The zero-order valence-electron chi connectivity index (χ0n) is 9.29. The number of benzene rings is 2. The van der Waals surface area contributed by atoms with Crippen LogP contribution in [0.5, 0.6) is 5.75 Å². The predicted molar refractivity (Wildman–Crippen MR) is 77.0 cm³/mol. The van der Waals surface area contributed by atoms with Gasteiger partial charge in [-0.2, -0.15) is 0 Å². The molecule has 0 aliphatic carbocycles. The Morgan fingerprint density at radius 2 is 1.89 bits per heavy atom. The zero-order chi connectivity index (χ0) is 13.1. The number of nitrogen functional groups attached to an aromatic ring is 1. The van der Waals surface area contributed by atoms with Gasteiger partial charge in [0.25, 0.3) is 0 Å². The molecule has 5 heteroatoms. The lowest BCUT2D eigenvalue weighted by Gasteiger charge is -2.10. The smallest absolute Gasteiger partial charge is 0.142 e. The van der Waals surface area contributed by atoms with Gasteiger partial charge in [0, 0.05) is 14.5 Å². The van der Waals surface area contributed by atoms with Gasteiger partial charge in [0.05, 0.1) is 5.69 Å².